The molecular weight excluding hydrogens is 226 g/mol. The Morgan fingerprint density at radius 1 is 1.47 bits per heavy atom. The van der Waals surface area contributed by atoms with Crippen molar-refractivity contribution in [3.8, 4) is 0 Å². The van der Waals surface area contributed by atoms with Gasteiger partial charge in [-0.3, -0.25) is 4.79 Å². The van der Waals surface area contributed by atoms with Crippen LogP contribution in [0.4, 0.5) is 0 Å². The summed E-state index contributed by atoms with van der Waals surface area (Å²) in [5.41, 5.74) is 0.776. The second kappa shape index (κ2) is 4.48. The summed E-state index contributed by atoms with van der Waals surface area (Å²) in [6.45, 7) is 0. The van der Waals surface area contributed by atoms with Gasteiger partial charge in [0.1, 0.15) is 6.10 Å². The van der Waals surface area contributed by atoms with Crippen LogP contribution in [-0.2, 0) is 4.79 Å². The fraction of sp³-hybridized carbons (Fsp3) is 0.300. The molecule has 0 fully saturated rings. The molecule has 0 amide bonds. The van der Waals surface area contributed by atoms with Crippen molar-refractivity contribution in [1.82, 2.24) is 14.6 Å². The summed E-state index contributed by atoms with van der Waals surface area (Å²) in [7, 11) is 0. The number of nitrogens with zero attached hydrogens (tertiary/aromatic N) is 3. The number of fused-ring (bicyclic) bond motifs is 1. The van der Waals surface area contributed by atoms with E-state index in [4.69, 9.17) is 5.11 Å². The van der Waals surface area contributed by atoms with E-state index in [0.29, 0.717) is 5.65 Å². The van der Waals surface area contributed by atoms with Crippen LogP contribution in [0.15, 0.2) is 24.5 Å². The maximum absolute atomic E-state index is 10.4. The Balaban J connectivity index is 2.30. The Morgan fingerprint density at radius 3 is 2.94 bits per heavy atom. The highest BCUT2D eigenvalue weighted by Gasteiger charge is 2.24. The minimum absolute atomic E-state index is 0.259. The molecule has 0 bridgehead atoms. The van der Waals surface area contributed by atoms with Crippen molar-refractivity contribution in [2.24, 2.45) is 0 Å². The SMILES string of the molecule is O=C(O)CC(O)C(O)c1cnc2cccnn12. The van der Waals surface area contributed by atoms with Crippen molar-refractivity contribution in [2.75, 3.05) is 0 Å². The lowest BCUT2D eigenvalue weighted by molar-refractivity contribution is -0.141. The molecule has 0 aromatic carbocycles. The Bertz CT molecular complexity index is 539. The molecule has 0 aliphatic heterocycles. The van der Waals surface area contributed by atoms with E-state index >= 15 is 0 Å². The number of aliphatic hydroxyl groups excluding tert-OH is 2. The fourth-order valence-electron chi connectivity index (χ4n) is 1.54. The van der Waals surface area contributed by atoms with Gasteiger partial charge in [-0.15, -0.1) is 0 Å². The number of imidazole rings is 1. The van der Waals surface area contributed by atoms with Crippen LogP contribution in [0.1, 0.15) is 18.2 Å². The average Bonchev–Trinajstić information content (AvgIpc) is 2.70. The molecule has 3 N–H and O–H groups in total. The average molecular weight is 237 g/mol. The van der Waals surface area contributed by atoms with E-state index in [0.717, 1.165) is 0 Å². The molecule has 0 spiro atoms. The Hall–Kier alpha value is -1.99. The summed E-state index contributed by atoms with van der Waals surface area (Å²) in [6, 6.07) is 3.37. The third kappa shape index (κ3) is 2.24. The lowest BCUT2D eigenvalue weighted by Gasteiger charge is -2.14. The summed E-state index contributed by atoms with van der Waals surface area (Å²) in [5, 5.41) is 31.8. The van der Waals surface area contributed by atoms with E-state index in [9.17, 15) is 15.0 Å². The Morgan fingerprint density at radius 2 is 2.24 bits per heavy atom. The number of carbonyl (C=O) groups is 1. The van der Waals surface area contributed by atoms with E-state index in [2.05, 4.69) is 10.1 Å². The lowest BCUT2D eigenvalue weighted by atomic mass is 10.1. The lowest BCUT2D eigenvalue weighted by Crippen LogP contribution is -2.23. The summed E-state index contributed by atoms with van der Waals surface area (Å²) < 4.78 is 1.36. The van der Waals surface area contributed by atoms with E-state index in [1.807, 2.05) is 0 Å². The van der Waals surface area contributed by atoms with Gasteiger partial charge in [0.05, 0.1) is 24.4 Å². The minimum atomic E-state index is -1.39. The van der Waals surface area contributed by atoms with Crippen LogP contribution in [-0.4, -0.2) is 42.0 Å². The molecule has 0 saturated carbocycles. The first kappa shape index (κ1) is 11.5. The first-order valence-corrected chi connectivity index (χ1v) is 4.96. The van der Waals surface area contributed by atoms with Gasteiger partial charge in [-0.25, -0.2) is 9.50 Å². The number of aliphatic carboxylic acids is 1. The normalized spacial score (nSPS) is 14.7. The zero-order valence-corrected chi connectivity index (χ0v) is 8.76. The Kier molecular flexibility index (Phi) is 3.03. The smallest absolute Gasteiger partial charge is 0.306 e. The van der Waals surface area contributed by atoms with Crippen molar-refractivity contribution in [2.45, 2.75) is 18.6 Å². The molecule has 2 atom stereocenters. The topological polar surface area (TPSA) is 108 Å². The van der Waals surface area contributed by atoms with Crippen molar-refractivity contribution in [1.29, 1.82) is 0 Å². The highest BCUT2D eigenvalue weighted by molar-refractivity contribution is 5.67. The third-order valence-electron chi connectivity index (χ3n) is 2.36. The van der Waals surface area contributed by atoms with Gasteiger partial charge in [-0.1, -0.05) is 0 Å². The monoisotopic (exact) mass is 237 g/mol. The van der Waals surface area contributed by atoms with Crippen LogP contribution in [0.2, 0.25) is 0 Å². The zero-order chi connectivity index (χ0) is 12.4. The maximum atomic E-state index is 10.4. The molecule has 2 aromatic rings. The third-order valence-corrected chi connectivity index (χ3v) is 2.36. The van der Waals surface area contributed by atoms with Crippen molar-refractivity contribution in [3.05, 3.63) is 30.2 Å². The number of carboxylic acids is 1. The standard InChI is InChI=1S/C10H11N3O4/c14-7(4-9(15)16)10(17)6-5-11-8-2-1-3-12-13(6)8/h1-3,5,7,10,14,17H,4H2,(H,15,16). The van der Waals surface area contributed by atoms with Crippen LogP contribution in [0.25, 0.3) is 5.65 Å². The molecule has 2 heterocycles. The van der Waals surface area contributed by atoms with Crippen LogP contribution < -0.4 is 0 Å². The fourth-order valence-corrected chi connectivity index (χ4v) is 1.54. The second-order valence-electron chi connectivity index (χ2n) is 3.59. The number of carboxylic acid groups (broad SMARTS) is 1. The van der Waals surface area contributed by atoms with Crippen LogP contribution >= 0.6 is 0 Å². The molecule has 7 heteroatoms. The van der Waals surface area contributed by atoms with E-state index in [-0.39, 0.29) is 5.69 Å². The molecule has 0 radical (unpaired) electrons. The van der Waals surface area contributed by atoms with Crippen molar-refractivity contribution in [3.63, 3.8) is 0 Å². The van der Waals surface area contributed by atoms with E-state index in [1.165, 1.54) is 16.9 Å². The number of hydrogen-bond acceptors (Lipinski definition) is 5. The zero-order valence-electron chi connectivity index (χ0n) is 8.76. The van der Waals surface area contributed by atoms with Gasteiger partial charge in [0, 0.05) is 6.20 Å². The predicted molar refractivity (Wildman–Crippen MR) is 56.2 cm³/mol. The van der Waals surface area contributed by atoms with Gasteiger partial charge in [0.25, 0.3) is 0 Å². The molecule has 0 aliphatic rings. The van der Waals surface area contributed by atoms with E-state index < -0.39 is 24.6 Å². The Labute approximate surface area is 96.0 Å². The van der Waals surface area contributed by atoms with Gasteiger partial charge in [-0.05, 0) is 12.1 Å². The van der Waals surface area contributed by atoms with Crippen LogP contribution in [0, 0.1) is 0 Å². The van der Waals surface area contributed by atoms with Gasteiger partial charge in [0.15, 0.2) is 5.65 Å². The molecule has 0 aliphatic carbocycles. The van der Waals surface area contributed by atoms with Crippen LogP contribution in [0.3, 0.4) is 0 Å². The first-order valence-electron chi connectivity index (χ1n) is 4.96. The molecule has 7 nitrogen and oxygen atoms in total. The van der Waals surface area contributed by atoms with Crippen LogP contribution in [0.5, 0.6) is 0 Å². The highest BCUT2D eigenvalue weighted by atomic mass is 16.4. The summed E-state index contributed by atoms with van der Waals surface area (Å²) in [6.07, 6.45) is -0.404. The van der Waals surface area contributed by atoms with Gasteiger partial charge in [-0.2, -0.15) is 5.10 Å². The van der Waals surface area contributed by atoms with Gasteiger partial charge >= 0.3 is 5.97 Å². The second-order valence-corrected chi connectivity index (χ2v) is 3.59. The summed E-state index contributed by atoms with van der Waals surface area (Å²) in [4.78, 5) is 14.4. The van der Waals surface area contributed by atoms with Gasteiger partial charge < -0.3 is 15.3 Å². The molecule has 17 heavy (non-hydrogen) atoms. The quantitative estimate of drug-likeness (QED) is 0.667. The van der Waals surface area contributed by atoms with Crippen molar-refractivity contribution >= 4 is 11.6 Å². The molecule has 2 rings (SSSR count). The largest absolute Gasteiger partial charge is 0.481 e. The molecule has 2 unspecified atom stereocenters. The number of aliphatic hydroxyl groups is 2. The highest BCUT2D eigenvalue weighted by Crippen LogP contribution is 2.19. The van der Waals surface area contributed by atoms with E-state index in [1.54, 1.807) is 12.1 Å². The molecule has 2 aromatic heterocycles. The molecule has 90 valence electrons. The summed E-state index contributed by atoms with van der Waals surface area (Å²) in [5.74, 6) is -1.18. The number of hydrogen-bond donors (Lipinski definition) is 3. The summed E-state index contributed by atoms with van der Waals surface area (Å²) >= 11 is 0. The first-order chi connectivity index (χ1) is 8.09. The maximum Gasteiger partial charge on any atom is 0.306 e. The number of rotatable bonds is 4. The minimum Gasteiger partial charge on any atom is -0.481 e. The molecule has 0 saturated heterocycles. The predicted octanol–water partition coefficient (Wildman–Crippen LogP) is -0.402. The number of aromatic nitrogens is 3. The van der Waals surface area contributed by atoms with Gasteiger partial charge in [0.2, 0.25) is 0 Å². The van der Waals surface area contributed by atoms with Crippen molar-refractivity contribution < 1.29 is 20.1 Å². The molecular formula is C10H11N3O4.